The lowest BCUT2D eigenvalue weighted by Crippen LogP contribution is -2.00. The number of halogens is 3. The molecule has 0 radical (unpaired) electrons. The summed E-state index contributed by atoms with van der Waals surface area (Å²) in [4.78, 5) is 4.13. The molecule has 0 aliphatic heterocycles. The van der Waals surface area contributed by atoms with Gasteiger partial charge in [0, 0.05) is 16.7 Å². The zero-order valence-electron chi connectivity index (χ0n) is 9.16. The maximum absolute atomic E-state index is 13.3. The number of nitrogens with two attached hydrogens (primary N) is 1. The van der Waals surface area contributed by atoms with Gasteiger partial charge in [0.15, 0.2) is 0 Å². The van der Waals surface area contributed by atoms with Crippen molar-refractivity contribution in [1.29, 1.82) is 0 Å². The van der Waals surface area contributed by atoms with Gasteiger partial charge >= 0.3 is 0 Å². The molecule has 0 unspecified atom stereocenters. The number of anilines is 1. The second-order valence-corrected chi connectivity index (χ2v) is 4.88. The Bertz CT molecular complexity index is 563. The van der Waals surface area contributed by atoms with E-state index in [1.165, 1.54) is 6.07 Å². The number of hydrogen-bond acceptors (Lipinski definition) is 3. The molecule has 0 bridgehead atoms. The average Bonchev–Trinajstić information content (AvgIpc) is 2.34. The van der Waals surface area contributed by atoms with Gasteiger partial charge in [-0.05, 0) is 34.1 Å². The second-order valence-electron chi connectivity index (χ2n) is 3.56. The second kappa shape index (κ2) is 5.54. The maximum atomic E-state index is 13.3. The van der Waals surface area contributed by atoms with Gasteiger partial charge in [0.25, 0.3) is 0 Å². The van der Waals surface area contributed by atoms with Crippen molar-refractivity contribution in [3.05, 3.63) is 51.5 Å². The predicted octanol–water partition coefficient (Wildman–Crippen LogP) is 3.80. The summed E-state index contributed by atoms with van der Waals surface area (Å²) in [6.45, 7) is 0.205. The van der Waals surface area contributed by atoms with E-state index < -0.39 is 5.82 Å². The molecule has 0 atom stereocenters. The fourth-order valence-electron chi connectivity index (χ4n) is 1.30. The van der Waals surface area contributed by atoms with Crippen LogP contribution in [0.4, 0.5) is 10.1 Å². The number of nitrogen functional groups attached to an aromatic ring is 1. The minimum absolute atomic E-state index is 0.00545. The van der Waals surface area contributed by atoms with Crippen LogP contribution in [-0.4, -0.2) is 4.98 Å². The molecule has 1 heterocycles. The highest BCUT2D eigenvalue weighted by molar-refractivity contribution is 9.10. The normalized spacial score (nSPS) is 10.4. The summed E-state index contributed by atoms with van der Waals surface area (Å²) < 4.78 is 19.5. The Kier molecular flexibility index (Phi) is 4.04. The van der Waals surface area contributed by atoms with Crippen LogP contribution in [0.3, 0.4) is 0 Å². The number of ether oxygens (including phenoxy) is 1. The molecular formula is C12H9BrClFN2O. The molecule has 3 nitrogen and oxygen atoms in total. The molecule has 18 heavy (non-hydrogen) atoms. The first-order valence-electron chi connectivity index (χ1n) is 5.04. The van der Waals surface area contributed by atoms with Crippen LogP contribution in [0, 0.1) is 5.82 Å². The first-order valence-corrected chi connectivity index (χ1v) is 6.21. The Morgan fingerprint density at radius 3 is 2.83 bits per heavy atom. The minimum atomic E-state index is -0.557. The lowest BCUT2D eigenvalue weighted by Gasteiger charge is -2.08. The molecule has 1 aromatic carbocycles. The lowest BCUT2D eigenvalue weighted by molar-refractivity contribution is 0.300. The molecule has 1 aromatic heterocycles. The summed E-state index contributed by atoms with van der Waals surface area (Å²) in [5.74, 6) is -0.314. The van der Waals surface area contributed by atoms with Gasteiger partial charge in [-0.3, -0.25) is 4.98 Å². The van der Waals surface area contributed by atoms with Gasteiger partial charge in [0.05, 0.1) is 16.4 Å². The van der Waals surface area contributed by atoms with Gasteiger partial charge in [-0.15, -0.1) is 0 Å². The van der Waals surface area contributed by atoms with Crippen LogP contribution in [0.25, 0.3) is 0 Å². The van der Waals surface area contributed by atoms with Crippen molar-refractivity contribution in [1.82, 2.24) is 4.98 Å². The van der Waals surface area contributed by atoms with Gasteiger partial charge in [0.2, 0.25) is 0 Å². The molecule has 0 saturated heterocycles. The quantitative estimate of drug-likeness (QED) is 0.870. The van der Waals surface area contributed by atoms with E-state index in [9.17, 15) is 4.39 Å². The van der Waals surface area contributed by atoms with Crippen molar-refractivity contribution in [3.63, 3.8) is 0 Å². The number of nitrogens with zero attached hydrogens (tertiary/aromatic N) is 1. The SMILES string of the molecule is Nc1cc(Cl)c(OCc2ccc(Br)cn2)cc1F. The van der Waals surface area contributed by atoms with Gasteiger partial charge in [-0.1, -0.05) is 11.6 Å². The standard InChI is InChI=1S/C12H9BrClFN2O/c13-7-1-2-8(17-5-7)6-18-12-4-10(15)11(16)3-9(12)14/h1-5H,6,16H2. The van der Waals surface area contributed by atoms with Crippen LogP contribution < -0.4 is 10.5 Å². The van der Waals surface area contributed by atoms with Gasteiger partial charge < -0.3 is 10.5 Å². The Balaban J connectivity index is 2.10. The Labute approximate surface area is 117 Å². The van der Waals surface area contributed by atoms with Crippen molar-refractivity contribution < 1.29 is 9.13 Å². The van der Waals surface area contributed by atoms with Gasteiger partial charge in [-0.2, -0.15) is 0 Å². The smallest absolute Gasteiger partial charge is 0.149 e. The summed E-state index contributed by atoms with van der Waals surface area (Å²) in [6.07, 6.45) is 1.66. The molecule has 0 aliphatic carbocycles. The summed E-state index contributed by atoms with van der Waals surface area (Å²) >= 11 is 9.18. The van der Waals surface area contributed by atoms with Crippen LogP contribution in [0.2, 0.25) is 5.02 Å². The fourth-order valence-corrected chi connectivity index (χ4v) is 1.76. The third kappa shape index (κ3) is 3.11. The maximum Gasteiger partial charge on any atom is 0.149 e. The average molecular weight is 332 g/mol. The molecule has 94 valence electrons. The number of rotatable bonds is 3. The molecular weight excluding hydrogens is 322 g/mol. The number of hydrogen-bond donors (Lipinski definition) is 1. The monoisotopic (exact) mass is 330 g/mol. The Morgan fingerprint density at radius 1 is 1.39 bits per heavy atom. The molecule has 2 aromatic rings. The molecule has 0 amide bonds. The summed E-state index contributed by atoms with van der Waals surface area (Å²) in [5, 5.41) is 0.269. The molecule has 0 aliphatic rings. The Morgan fingerprint density at radius 2 is 2.17 bits per heavy atom. The number of pyridine rings is 1. The van der Waals surface area contributed by atoms with E-state index in [2.05, 4.69) is 20.9 Å². The molecule has 2 N–H and O–H groups in total. The zero-order chi connectivity index (χ0) is 13.1. The van der Waals surface area contributed by atoms with E-state index in [-0.39, 0.29) is 23.1 Å². The molecule has 0 fully saturated rings. The third-order valence-electron chi connectivity index (χ3n) is 2.22. The van der Waals surface area contributed by atoms with E-state index in [1.807, 2.05) is 6.07 Å². The molecule has 6 heteroatoms. The van der Waals surface area contributed by atoms with Crippen LogP contribution in [0.5, 0.6) is 5.75 Å². The fraction of sp³-hybridized carbons (Fsp3) is 0.0833. The first-order chi connectivity index (χ1) is 8.56. The highest BCUT2D eigenvalue weighted by Gasteiger charge is 2.08. The van der Waals surface area contributed by atoms with Crippen molar-refractivity contribution in [3.8, 4) is 5.75 Å². The van der Waals surface area contributed by atoms with Crippen LogP contribution in [0.15, 0.2) is 34.9 Å². The topological polar surface area (TPSA) is 48.1 Å². The van der Waals surface area contributed by atoms with Crippen LogP contribution >= 0.6 is 27.5 Å². The van der Waals surface area contributed by atoms with Crippen LogP contribution in [0.1, 0.15) is 5.69 Å². The minimum Gasteiger partial charge on any atom is -0.486 e. The molecule has 0 saturated carbocycles. The first kappa shape index (κ1) is 13.1. The molecule has 0 spiro atoms. The summed E-state index contributed by atoms with van der Waals surface area (Å²) in [6, 6.07) is 6.13. The summed E-state index contributed by atoms with van der Waals surface area (Å²) in [7, 11) is 0. The highest BCUT2D eigenvalue weighted by Crippen LogP contribution is 2.29. The van der Waals surface area contributed by atoms with E-state index in [0.717, 1.165) is 10.5 Å². The summed E-state index contributed by atoms with van der Waals surface area (Å²) in [5.41, 5.74) is 6.09. The van der Waals surface area contributed by atoms with Gasteiger partial charge in [0.1, 0.15) is 18.2 Å². The van der Waals surface area contributed by atoms with Crippen molar-refractivity contribution in [2.45, 2.75) is 6.61 Å². The van der Waals surface area contributed by atoms with Crippen molar-refractivity contribution in [2.75, 3.05) is 5.73 Å². The van der Waals surface area contributed by atoms with Gasteiger partial charge in [-0.25, -0.2) is 4.39 Å². The largest absolute Gasteiger partial charge is 0.486 e. The van der Waals surface area contributed by atoms with E-state index in [4.69, 9.17) is 22.1 Å². The number of aromatic nitrogens is 1. The number of benzene rings is 1. The lowest BCUT2D eigenvalue weighted by atomic mass is 10.3. The molecule has 2 rings (SSSR count). The van der Waals surface area contributed by atoms with E-state index in [1.54, 1.807) is 12.3 Å². The van der Waals surface area contributed by atoms with Crippen molar-refractivity contribution >= 4 is 33.2 Å². The van der Waals surface area contributed by atoms with E-state index >= 15 is 0 Å². The van der Waals surface area contributed by atoms with Crippen molar-refractivity contribution in [2.24, 2.45) is 0 Å². The predicted molar refractivity (Wildman–Crippen MR) is 72.1 cm³/mol. The Hall–Kier alpha value is -1.33. The van der Waals surface area contributed by atoms with E-state index in [0.29, 0.717) is 5.69 Å². The zero-order valence-corrected chi connectivity index (χ0v) is 11.5. The van der Waals surface area contributed by atoms with Crippen LogP contribution in [-0.2, 0) is 6.61 Å². The highest BCUT2D eigenvalue weighted by atomic mass is 79.9. The third-order valence-corrected chi connectivity index (χ3v) is 2.98.